The van der Waals surface area contributed by atoms with E-state index in [9.17, 15) is 21.6 Å². The maximum absolute atomic E-state index is 13.4. The molecule has 1 fully saturated rings. The number of halogens is 3. The standard InChI is InChI=1S/C24H22F3N5O2S/c1-35(33,34)18-4-2-3-17(14-18)31-9-11-32(12-10-31)22-7-8-28-21-6-5-16(13-19(21)22)20-15-29-30-23(20)24(25,26)27/h2-8,13-15H,9-12H2,1H3,(H,29,30). The molecule has 11 heteroatoms. The van der Waals surface area contributed by atoms with Crippen LogP contribution in [0.3, 0.4) is 0 Å². The van der Waals surface area contributed by atoms with Crippen LogP contribution in [-0.2, 0) is 16.0 Å². The largest absolute Gasteiger partial charge is 0.433 e. The summed E-state index contributed by atoms with van der Waals surface area (Å²) in [5.41, 5.74) is 1.93. The molecule has 3 heterocycles. The topological polar surface area (TPSA) is 82.2 Å². The van der Waals surface area contributed by atoms with Gasteiger partial charge in [0.15, 0.2) is 9.84 Å². The molecule has 2 aromatic carbocycles. The van der Waals surface area contributed by atoms with Crippen LogP contribution in [0, 0.1) is 0 Å². The molecule has 0 radical (unpaired) electrons. The molecule has 1 aliphatic rings. The molecule has 4 aromatic rings. The van der Waals surface area contributed by atoms with Gasteiger partial charge in [-0.2, -0.15) is 18.3 Å². The van der Waals surface area contributed by atoms with Gasteiger partial charge < -0.3 is 9.80 Å². The second-order valence-corrected chi connectivity index (χ2v) is 10.5. The monoisotopic (exact) mass is 501 g/mol. The molecule has 1 saturated heterocycles. The SMILES string of the molecule is CS(=O)(=O)c1cccc(N2CCN(c3ccnc4ccc(-c5cn[nH]c5C(F)(F)F)cc34)CC2)c1. The summed E-state index contributed by atoms with van der Waals surface area (Å²) in [6.45, 7) is 2.64. The third-order valence-electron chi connectivity index (χ3n) is 6.18. The first-order valence-corrected chi connectivity index (χ1v) is 12.8. The van der Waals surface area contributed by atoms with Gasteiger partial charge in [0.05, 0.1) is 16.6 Å². The van der Waals surface area contributed by atoms with Gasteiger partial charge in [0.2, 0.25) is 0 Å². The summed E-state index contributed by atoms with van der Waals surface area (Å²) in [7, 11) is -3.30. The van der Waals surface area contributed by atoms with Gasteiger partial charge in [-0.1, -0.05) is 12.1 Å². The Bertz CT molecular complexity index is 1490. The maximum Gasteiger partial charge on any atom is 0.433 e. The Morgan fingerprint density at radius 1 is 0.971 bits per heavy atom. The average Bonchev–Trinajstić information content (AvgIpc) is 3.34. The number of pyridine rings is 1. The molecule has 35 heavy (non-hydrogen) atoms. The van der Waals surface area contributed by atoms with Crippen LogP contribution >= 0.6 is 0 Å². The summed E-state index contributed by atoms with van der Waals surface area (Å²) >= 11 is 0. The maximum atomic E-state index is 13.4. The second kappa shape index (κ2) is 8.56. The molecule has 0 aliphatic carbocycles. The normalized spacial score (nSPS) is 15.1. The Morgan fingerprint density at radius 2 is 1.71 bits per heavy atom. The summed E-state index contributed by atoms with van der Waals surface area (Å²) in [4.78, 5) is 8.96. The van der Waals surface area contributed by atoms with Crippen LogP contribution in [-0.4, -0.2) is 56.0 Å². The fourth-order valence-electron chi connectivity index (χ4n) is 4.41. The van der Waals surface area contributed by atoms with Crippen LogP contribution in [0.4, 0.5) is 24.5 Å². The van der Waals surface area contributed by atoms with Gasteiger partial charge >= 0.3 is 6.18 Å². The van der Waals surface area contributed by atoms with Crippen LogP contribution in [0.2, 0.25) is 0 Å². The number of H-pyrrole nitrogens is 1. The second-order valence-electron chi connectivity index (χ2n) is 8.46. The Balaban J connectivity index is 1.43. The minimum Gasteiger partial charge on any atom is -0.368 e. The molecular weight excluding hydrogens is 479 g/mol. The zero-order valence-corrected chi connectivity index (χ0v) is 19.6. The van der Waals surface area contributed by atoms with E-state index >= 15 is 0 Å². The summed E-state index contributed by atoms with van der Waals surface area (Å²) in [6.07, 6.45) is -0.473. The molecule has 0 amide bonds. The number of hydrogen-bond donors (Lipinski definition) is 1. The summed E-state index contributed by atoms with van der Waals surface area (Å²) in [5.74, 6) is 0. The minimum absolute atomic E-state index is 0.00946. The number of fused-ring (bicyclic) bond motifs is 1. The predicted octanol–water partition coefficient (Wildman–Crippen LogP) is 4.37. The first kappa shape index (κ1) is 23.2. The molecule has 5 rings (SSSR count). The number of hydrogen-bond acceptors (Lipinski definition) is 6. The number of anilines is 2. The highest BCUT2D eigenvalue weighted by molar-refractivity contribution is 7.90. The van der Waals surface area contributed by atoms with Crippen molar-refractivity contribution in [1.29, 1.82) is 0 Å². The number of benzene rings is 2. The van der Waals surface area contributed by atoms with Gasteiger partial charge in [0.1, 0.15) is 5.69 Å². The lowest BCUT2D eigenvalue weighted by Crippen LogP contribution is -2.46. The van der Waals surface area contributed by atoms with Gasteiger partial charge in [0, 0.05) is 61.0 Å². The smallest absolute Gasteiger partial charge is 0.368 e. The number of piperazine rings is 1. The van der Waals surface area contributed by atoms with E-state index in [0.29, 0.717) is 37.3 Å². The summed E-state index contributed by atoms with van der Waals surface area (Å²) in [6, 6.07) is 13.8. The molecule has 0 bridgehead atoms. The van der Waals surface area contributed by atoms with Gasteiger partial charge in [-0.05, 0) is 42.0 Å². The Hall–Kier alpha value is -3.60. The molecule has 0 atom stereocenters. The molecule has 2 aromatic heterocycles. The number of nitrogens with zero attached hydrogens (tertiary/aromatic N) is 4. The number of nitrogens with one attached hydrogen (secondary N) is 1. The molecule has 7 nitrogen and oxygen atoms in total. The number of rotatable bonds is 4. The Labute approximate surface area is 200 Å². The van der Waals surface area contributed by atoms with Crippen molar-refractivity contribution >= 4 is 32.1 Å². The molecule has 182 valence electrons. The van der Waals surface area contributed by atoms with Crippen molar-refractivity contribution in [2.24, 2.45) is 0 Å². The highest BCUT2D eigenvalue weighted by atomic mass is 32.2. The van der Waals surface area contributed by atoms with Gasteiger partial charge in [0.25, 0.3) is 0 Å². The van der Waals surface area contributed by atoms with Gasteiger partial charge in [-0.3, -0.25) is 10.1 Å². The number of aromatic amines is 1. The molecular formula is C24H22F3N5O2S. The molecule has 0 saturated carbocycles. The van der Waals surface area contributed by atoms with E-state index in [2.05, 4.69) is 25.0 Å². The fraction of sp³-hybridized carbons (Fsp3) is 0.250. The molecule has 0 unspecified atom stereocenters. The highest BCUT2D eigenvalue weighted by Gasteiger charge is 2.36. The van der Waals surface area contributed by atoms with Crippen molar-refractivity contribution in [2.75, 3.05) is 42.2 Å². The van der Waals surface area contributed by atoms with Crippen molar-refractivity contribution in [1.82, 2.24) is 15.2 Å². The predicted molar refractivity (Wildman–Crippen MR) is 128 cm³/mol. The average molecular weight is 502 g/mol. The van der Waals surface area contributed by atoms with Gasteiger partial charge in [-0.25, -0.2) is 8.42 Å². The molecule has 1 N–H and O–H groups in total. The van der Waals surface area contributed by atoms with Gasteiger partial charge in [-0.15, -0.1) is 0 Å². The van der Waals surface area contributed by atoms with E-state index in [4.69, 9.17) is 0 Å². The van der Waals surface area contributed by atoms with Crippen molar-refractivity contribution < 1.29 is 21.6 Å². The Kier molecular flexibility index (Phi) is 5.66. The van der Waals surface area contributed by atoms with E-state index in [1.165, 1.54) is 12.5 Å². The first-order valence-electron chi connectivity index (χ1n) is 10.9. The lowest BCUT2D eigenvalue weighted by molar-refractivity contribution is -0.140. The fourth-order valence-corrected chi connectivity index (χ4v) is 5.07. The number of aromatic nitrogens is 3. The molecule has 1 aliphatic heterocycles. The Morgan fingerprint density at radius 3 is 2.43 bits per heavy atom. The highest BCUT2D eigenvalue weighted by Crippen LogP contribution is 2.37. The third kappa shape index (κ3) is 4.55. The summed E-state index contributed by atoms with van der Waals surface area (Å²) in [5, 5.41) is 6.42. The quantitative estimate of drug-likeness (QED) is 0.447. The van der Waals surface area contributed by atoms with Crippen LogP contribution < -0.4 is 9.80 Å². The van der Waals surface area contributed by atoms with Crippen molar-refractivity contribution in [3.63, 3.8) is 0 Å². The lowest BCUT2D eigenvalue weighted by atomic mass is 10.0. The van der Waals surface area contributed by atoms with Crippen molar-refractivity contribution in [3.05, 3.63) is 66.6 Å². The van der Waals surface area contributed by atoms with Crippen LogP contribution in [0.5, 0.6) is 0 Å². The number of alkyl halides is 3. The van der Waals surface area contributed by atoms with Crippen LogP contribution in [0.15, 0.2) is 65.8 Å². The van der Waals surface area contributed by atoms with E-state index in [1.54, 1.807) is 42.6 Å². The first-order chi connectivity index (χ1) is 16.6. The van der Waals surface area contributed by atoms with Crippen LogP contribution in [0.25, 0.3) is 22.0 Å². The van der Waals surface area contributed by atoms with Crippen molar-refractivity contribution in [2.45, 2.75) is 11.1 Å². The third-order valence-corrected chi connectivity index (χ3v) is 7.29. The summed E-state index contributed by atoms with van der Waals surface area (Å²) < 4.78 is 64.0. The molecule has 0 spiro atoms. The van der Waals surface area contributed by atoms with E-state index in [-0.39, 0.29) is 10.5 Å². The number of sulfone groups is 1. The van der Waals surface area contributed by atoms with Crippen molar-refractivity contribution in [3.8, 4) is 11.1 Å². The zero-order valence-electron chi connectivity index (χ0n) is 18.7. The van der Waals surface area contributed by atoms with E-state index < -0.39 is 21.7 Å². The zero-order chi connectivity index (χ0) is 24.8. The van der Waals surface area contributed by atoms with Crippen LogP contribution in [0.1, 0.15) is 5.69 Å². The minimum atomic E-state index is -4.54. The van der Waals surface area contributed by atoms with E-state index in [1.807, 2.05) is 12.1 Å². The van der Waals surface area contributed by atoms with E-state index in [0.717, 1.165) is 16.8 Å². The lowest BCUT2D eigenvalue weighted by Gasteiger charge is -2.38.